The molecule has 0 bridgehead atoms. The molecule has 0 fully saturated rings. The van der Waals surface area contributed by atoms with Crippen molar-refractivity contribution in [3.63, 3.8) is 0 Å². The van der Waals surface area contributed by atoms with Gasteiger partial charge < -0.3 is 29.4 Å². The molecule has 0 spiro atoms. The lowest BCUT2D eigenvalue weighted by atomic mass is 10.0. The van der Waals surface area contributed by atoms with E-state index in [0.717, 1.165) is 6.42 Å². The summed E-state index contributed by atoms with van der Waals surface area (Å²) in [7, 11) is 2.99. The summed E-state index contributed by atoms with van der Waals surface area (Å²) in [5, 5.41) is 12.6. The van der Waals surface area contributed by atoms with Crippen molar-refractivity contribution >= 4 is 23.5 Å². The molecule has 0 aliphatic heterocycles. The van der Waals surface area contributed by atoms with Gasteiger partial charge in [-0.15, -0.1) is 0 Å². The number of aliphatic carboxylic acids is 1. The quantitative estimate of drug-likeness (QED) is 0.423. The van der Waals surface area contributed by atoms with Crippen molar-refractivity contribution < 1.29 is 33.6 Å². The van der Waals surface area contributed by atoms with E-state index in [4.69, 9.17) is 30.5 Å². The Morgan fingerprint density at radius 2 is 1.85 bits per heavy atom. The van der Waals surface area contributed by atoms with Crippen LogP contribution in [0.5, 0.6) is 17.2 Å². The largest absolute Gasteiger partial charge is 0.496 e. The van der Waals surface area contributed by atoms with Gasteiger partial charge >= 0.3 is 5.97 Å². The number of hydrogen-bond acceptors (Lipinski definition) is 6. The Morgan fingerprint density at radius 1 is 1.12 bits per heavy atom. The Bertz CT molecular complexity index is 993. The third-order valence-electron chi connectivity index (χ3n) is 4.92. The van der Waals surface area contributed by atoms with Crippen LogP contribution in [-0.2, 0) is 22.5 Å². The highest BCUT2D eigenvalue weighted by Gasteiger charge is 2.24. The summed E-state index contributed by atoms with van der Waals surface area (Å²) in [5.41, 5.74) is 1.50. The lowest BCUT2D eigenvalue weighted by Gasteiger charge is -2.21. The number of carbonyl (C=O) groups is 2. The Kier molecular flexibility index (Phi) is 10.5. The van der Waals surface area contributed by atoms with Crippen molar-refractivity contribution in [1.82, 2.24) is 5.32 Å². The fourth-order valence-corrected chi connectivity index (χ4v) is 3.66. The smallest absolute Gasteiger partial charge is 0.333 e. The van der Waals surface area contributed by atoms with Crippen LogP contribution in [-0.4, -0.2) is 50.0 Å². The number of benzene rings is 2. The summed E-state index contributed by atoms with van der Waals surface area (Å²) in [6, 6.07) is 8.34. The molecule has 0 saturated heterocycles. The predicted molar refractivity (Wildman–Crippen MR) is 129 cm³/mol. The predicted octanol–water partition coefficient (Wildman–Crippen LogP) is 4.50. The first-order chi connectivity index (χ1) is 16.2. The van der Waals surface area contributed by atoms with Crippen LogP contribution in [0, 0.1) is 0 Å². The molecule has 0 aromatic heterocycles. The van der Waals surface area contributed by atoms with Crippen molar-refractivity contribution in [2.24, 2.45) is 0 Å². The molecule has 0 radical (unpaired) electrons. The number of carboxylic acid groups (broad SMARTS) is 1. The number of ether oxygens (including phenoxy) is 4. The number of rotatable bonds is 13. The molecular formula is C25H32ClNO7. The maximum absolute atomic E-state index is 12.8. The Labute approximate surface area is 205 Å². The van der Waals surface area contributed by atoms with Crippen molar-refractivity contribution in [3.05, 3.63) is 52.0 Å². The van der Waals surface area contributed by atoms with Gasteiger partial charge in [0.15, 0.2) is 6.10 Å². The summed E-state index contributed by atoms with van der Waals surface area (Å²) >= 11 is 6.30. The fourth-order valence-electron chi connectivity index (χ4n) is 3.41. The molecule has 2 aromatic carbocycles. The van der Waals surface area contributed by atoms with E-state index in [1.807, 2.05) is 6.92 Å². The summed E-state index contributed by atoms with van der Waals surface area (Å²) < 4.78 is 22.1. The molecule has 0 aliphatic rings. The van der Waals surface area contributed by atoms with Gasteiger partial charge in [-0.2, -0.15) is 0 Å². The molecule has 2 aromatic rings. The highest BCUT2D eigenvalue weighted by molar-refractivity contribution is 6.34. The Hall–Kier alpha value is -2.97. The fraction of sp³-hybridized carbons (Fsp3) is 0.440. The van der Waals surface area contributed by atoms with Crippen molar-refractivity contribution in [2.75, 3.05) is 20.8 Å². The maximum atomic E-state index is 12.8. The third kappa shape index (κ3) is 7.27. The summed E-state index contributed by atoms with van der Waals surface area (Å²) in [6.07, 6.45) is -0.351. The average Bonchev–Trinajstić information content (AvgIpc) is 2.80. The molecule has 1 atom stereocenters. The zero-order valence-electron chi connectivity index (χ0n) is 20.1. The first-order valence-corrected chi connectivity index (χ1v) is 11.4. The summed E-state index contributed by atoms with van der Waals surface area (Å²) in [5.74, 6) is 0.0613. The first kappa shape index (κ1) is 27.3. The number of carboxylic acids is 1. The van der Waals surface area contributed by atoms with Crippen LogP contribution in [0.1, 0.15) is 48.7 Å². The second kappa shape index (κ2) is 13.1. The summed E-state index contributed by atoms with van der Waals surface area (Å²) in [4.78, 5) is 24.5. The molecule has 0 aliphatic carbocycles. The second-order valence-electron chi connectivity index (χ2n) is 7.83. The van der Waals surface area contributed by atoms with Gasteiger partial charge in [0, 0.05) is 6.42 Å². The van der Waals surface area contributed by atoms with Gasteiger partial charge in [-0.1, -0.05) is 24.6 Å². The average molecular weight is 494 g/mol. The first-order valence-electron chi connectivity index (χ1n) is 11.0. The lowest BCUT2D eigenvalue weighted by molar-refractivity contribution is -0.153. The van der Waals surface area contributed by atoms with Crippen LogP contribution in [0.15, 0.2) is 30.3 Å². The zero-order chi connectivity index (χ0) is 25.3. The van der Waals surface area contributed by atoms with Gasteiger partial charge in [0.25, 0.3) is 5.91 Å². The molecule has 34 heavy (non-hydrogen) atoms. The van der Waals surface area contributed by atoms with E-state index in [2.05, 4.69) is 5.32 Å². The number of carbonyl (C=O) groups excluding carboxylic acids is 1. The van der Waals surface area contributed by atoms with Crippen LogP contribution in [0.2, 0.25) is 5.02 Å². The molecule has 0 saturated carbocycles. The van der Waals surface area contributed by atoms with E-state index < -0.39 is 12.1 Å². The molecule has 0 heterocycles. The van der Waals surface area contributed by atoms with Gasteiger partial charge in [-0.25, -0.2) is 4.79 Å². The van der Waals surface area contributed by atoms with Gasteiger partial charge in [0.2, 0.25) is 0 Å². The van der Waals surface area contributed by atoms with Crippen LogP contribution in [0.3, 0.4) is 0 Å². The molecule has 9 heteroatoms. The van der Waals surface area contributed by atoms with Gasteiger partial charge in [-0.05, 0) is 50.1 Å². The van der Waals surface area contributed by atoms with Crippen LogP contribution in [0.4, 0.5) is 0 Å². The Balaban J connectivity index is 2.26. The highest BCUT2D eigenvalue weighted by atomic mass is 35.5. The number of hydrogen-bond donors (Lipinski definition) is 2. The normalized spacial score (nSPS) is 11.7. The van der Waals surface area contributed by atoms with Gasteiger partial charge in [0.1, 0.15) is 17.2 Å². The van der Waals surface area contributed by atoms with E-state index in [9.17, 15) is 14.7 Å². The maximum Gasteiger partial charge on any atom is 0.333 e. The van der Waals surface area contributed by atoms with E-state index in [0.29, 0.717) is 40.5 Å². The zero-order valence-corrected chi connectivity index (χ0v) is 20.9. The highest BCUT2D eigenvalue weighted by Crippen LogP contribution is 2.34. The van der Waals surface area contributed by atoms with E-state index >= 15 is 0 Å². The molecular weight excluding hydrogens is 462 g/mol. The molecule has 2 N–H and O–H groups in total. The van der Waals surface area contributed by atoms with Gasteiger partial charge in [-0.3, -0.25) is 4.79 Å². The number of nitrogens with one attached hydrogen (secondary N) is 1. The number of amides is 1. The third-order valence-corrected chi connectivity index (χ3v) is 5.24. The van der Waals surface area contributed by atoms with Crippen molar-refractivity contribution in [2.45, 2.75) is 52.4 Å². The van der Waals surface area contributed by atoms with Crippen LogP contribution < -0.4 is 19.5 Å². The van der Waals surface area contributed by atoms with E-state index in [1.165, 1.54) is 14.2 Å². The lowest BCUT2D eigenvalue weighted by Crippen LogP contribution is -2.29. The second-order valence-corrected chi connectivity index (χ2v) is 8.23. The minimum absolute atomic E-state index is 0.0756. The molecule has 2 rings (SSSR count). The molecule has 1 amide bonds. The topological polar surface area (TPSA) is 103 Å². The molecule has 186 valence electrons. The van der Waals surface area contributed by atoms with Crippen molar-refractivity contribution in [1.29, 1.82) is 0 Å². The van der Waals surface area contributed by atoms with Crippen LogP contribution >= 0.6 is 11.6 Å². The minimum Gasteiger partial charge on any atom is -0.496 e. The van der Waals surface area contributed by atoms with E-state index in [1.54, 1.807) is 44.2 Å². The minimum atomic E-state index is -1.07. The molecule has 8 nitrogen and oxygen atoms in total. The van der Waals surface area contributed by atoms with Crippen molar-refractivity contribution in [3.8, 4) is 17.2 Å². The standard InChI is InChI=1S/C25H32ClNO7/c1-6-11-33-17-8-9-18(20(26)13-17)24(28)27-14-19-21(31-4)10-7-16(23(19)32-5)12-22(25(29)30)34-15(2)3/h7-10,13,15,22H,6,11-12,14H2,1-5H3,(H,27,28)(H,29,30). The molecule has 1 unspecified atom stereocenters. The summed E-state index contributed by atoms with van der Waals surface area (Å²) in [6.45, 7) is 6.18. The number of halogens is 1. The van der Waals surface area contributed by atoms with Crippen LogP contribution in [0.25, 0.3) is 0 Å². The van der Waals surface area contributed by atoms with E-state index in [-0.39, 0.29) is 30.0 Å². The van der Waals surface area contributed by atoms with Gasteiger partial charge in [0.05, 0.1) is 49.6 Å². The SMILES string of the molecule is CCCOc1ccc(C(=O)NCc2c(OC)ccc(CC(OC(C)C)C(=O)O)c2OC)c(Cl)c1. The number of methoxy groups -OCH3 is 2. The monoisotopic (exact) mass is 493 g/mol. The Morgan fingerprint density at radius 3 is 2.41 bits per heavy atom.